The Morgan fingerprint density at radius 2 is 1.80 bits per heavy atom. The highest BCUT2D eigenvalue weighted by Crippen LogP contribution is 2.22. The molecule has 0 aliphatic heterocycles. The van der Waals surface area contributed by atoms with Gasteiger partial charge in [0.15, 0.2) is 6.61 Å². The molecule has 0 unspecified atom stereocenters. The van der Waals surface area contributed by atoms with Crippen LogP contribution >= 0.6 is 0 Å². The van der Waals surface area contributed by atoms with Crippen molar-refractivity contribution in [3.63, 3.8) is 0 Å². The Kier molecular flexibility index (Phi) is 6.20. The SMILES string of the molecule is Cc1ccc(C)c(NC(=O)CN(C)C(=O)COc2ccc3c(C)cc(=O)oc3c2)c1. The number of nitrogens with one attached hydrogen (secondary N) is 1. The van der Waals surface area contributed by atoms with Crippen molar-refractivity contribution in [1.82, 2.24) is 4.90 Å². The predicted molar refractivity (Wildman–Crippen MR) is 115 cm³/mol. The van der Waals surface area contributed by atoms with E-state index >= 15 is 0 Å². The number of nitrogens with zero attached hydrogens (tertiary/aromatic N) is 1. The van der Waals surface area contributed by atoms with Gasteiger partial charge in [0.2, 0.25) is 5.91 Å². The standard InChI is InChI=1S/C23H24N2O5/c1-14-5-6-15(2)19(9-14)24-21(26)12-25(4)22(27)13-29-17-7-8-18-16(3)10-23(28)30-20(18)11-17/h5-11H,12-13H2,1-4H3,(H,24,26). The van der Waals surface area contributed by atoms with Crippen LogP contribution in [0.3, 0.4) is 0 Å². The topological polar surface area (TPSA) is 88.9 Å². The van der Waals surface area contributed by atoms with Gasteiger partial charge in [0.05, 0.1) is 6.54 Å². The van der Waals surface area contributed by atoms with Crippen LogP contribution in [0.2, 0.25) is 0 Å². The third kappa shape index (κ3) is 5.05. The Morgan fingerprint density at radius 1 is 1.03 bits per heavy atom. The average molecular weight is 408 g/mol. The zero-order valence-electron chi connectivity index (χ0n) is 17.4. The molecular weight excluding hydrogens is 384 g/mol. The van der Waals surface area contributed by atoms with Crippen LogP contribution in [0.5, 0.6) is 5.75 Å². The molecule has 0 aliphatic rings. The maximum absolute atomic E-state index is 12.3. The van der Waals surface area contributed by atoms with Gasteiger partial charge in [-0.15, -0.1) is 0 Å². The minimum atomic E-state index is -0.442. The van der Waals surface area contributed by atoms with Crippen LogP contribution in [0.25, 0.3) is 11.0 Å². The van der Waals surface area contributed by atoms with Crippen molar-refractivity contribution in [2.75, 3.05) is 25.5 Å². The van der Waals surface area contributed by atoms with Gasteiger partial charge in [-0.05, 0) is 55.7 Å². The first kappa shape index (κ1) is 21.1. The average Bonchev–Trinajstić information content (AvgIpc) is 2.68. The van der Waals surface area contributed by atoms with E-state index in [2.05, 4.69) is 5.32 Å². The number of ether oxygens (including phenoxy) is 1. The fraction of sp³-hybridized carbons (Fsp3) is 0.261. The Labute approximate surface area is 174 Å². The summed E-state index contributed by atoms with van der Waals surface area (Å²) in [6.07, 6.45) is 0. The third-order valence-electron chi connectivity index (χ3n) is 4.76. The normalized spacial score (nSPS) is 10.7. The lowest BCUT2D eigenvalue weighted by molar-refractivity contribution is -0.135. The van der Waals surface area contributed by atoms with Gasteiger partial charge < -0.3 is 19.4 Å². The first-order chi connectivity index (χ1) is 14.2. The van der Waals surface area contributed by atoms with Gasteiger partial charge in [0.1, 0.15) is 11.3 Å². The van der Waals surface area contributed by atoms with E-state index in [4.69, 9.17) is 9.15 Å². The summed E-state index contributed by atoms with van der Waals surface area (Å²) in [6, 6.07) is 12.3. The molecule has 1 N–H and O–H groups in total. The first-order valence-corrected chi connectivity index (χ1v) is 9.51. The van der Waals surface area contributed by atoms with Crippen molar-refractivity contribution < 1.29 is 18.7 Å². The summed E-state index contributed by atoms with van der Waals surface area (Å²) < 4.78 is 10.7. The molecule has 0 saturated carbocycles. The highest BCUT2D eigenvalue weighted by atomic mass is 16.5. The summed E-state index contributed by atoms with van der Waals surface area (Å²) in [6.45, 7) is 5.34. The number of rotatable bonds is 6. The van der Waals surface area contributed by atoms with E-state index in [-0.39, 0.29) is 25.0 Å². The van der Waals surface area contributed by atoms with Gasteiger partial charge >= 0.3 is 5.63 Å². The van der Waals surface area contributed by atoms with Crippen LogP contribution in [-0.4, -0.2) is 36.9 Å². The van der Waals surface area contributed by atoms with Crippen LogP contribution in [-0.2, 0) is 9.59 Å². The number of fused-ring (bicyclic) bond motifs is 1. The summed E-state index contributed by atoms with van der Waals surface area (Å²) in [4.78, 5) is 37.5. The van der Waals surface area contributed by atoms with E-state index < -0.39 is 5.63 Å². The van der Waals surface area contributed by atoms with E-state index in [1.165, 1.54) is 18.0 Å². The number of anilines is 1. The van der Waals surface area contributed by atoms with Crippen LogP contribution < -0.4 is 15.7 Å². The maximum atomic E-state index is 12.3. The number of benzene rings is 2. The van der Waals surface area contributed by atoms with Crippen LogP contribution in [0.4, 0.5) is 5.69 Å². The molecule has 2 aromatic carbocycles. The largest absolute Gasteiger partial charge is 0.484 e. The minimum absolute atomic E-state index is 0.0959. The van der Waals surface area contributed by atoms with E-state index in [1.807, 2.05) is 39.0 Å². The van der Waals surface area contributed by atoms with Crippen molar-refractivity contribution in [3.8, 4) is 5.75 Å². The molecule has 7 heteroatoms. The van der Waals surface area contributed by atoms with Crippen molar-refractivity contribution in [2.45, 2.75) is 20.8 Å². The Bertz CT molecular complexity index is 1170. The second-order valence-electron chi connectivity index (χ2n) is 7.31. The number of amides is 2. The van der Waals surface area contributed by atoms with Crippen LogP contribution in [0, 0.1) is 20.8 Å². The minimum Gasteiger partial charge on any atom is -0.484 e. The van der Waals surface area contributed by atoms with E-state index in [0.717, 1.165) is 27.8 Å². The molecule has 0 saturated heterocycles. The van der Waals surface area contributed by atoms with Gasteiger partial charge in [-0.2, -0.15) is 0 Å². The number of hydrogen-bond acceptors (Lipinski definition) is 5. The van der Waals surface area contributed by atoms with Crippen LogP contribution in [0.1, 0.15) is 16.7 Å². The number of aryl methyl sites for hydroxylation is 3. The van der Waals surface area contributed by atoms with E-state index in [9.17, 15) is 14.4 Å². The molecule has 30 heavy (non-hydrogen) atoms. The smallest absolute Gasteiger partial charge is 0.336 e. The molecule has 0 radical (unpaired) electrons. The lowest BCUT2D eigenvalue weighted by Crippen LogP contribution is -2.37. The van der Waals surface area contributed by atoms with Gasteiger partial charge in [0.25, 0.3) is 5.91 Å². The zero-order valence-corrected chi connectivity index (χ0v) is 17.4. The molecule has 0 spiro atoms. The summed E-state index contributed by atoms with van der Waals surface area (Å²) in [5.74, 6) is -0.239. The summed E-state index contributed by atoms with van der Waals surface area (Å²) >= 11 is 0. The van der Waals surface area contributed by atoms with Gasteiger partial charge in [-0.25, -0.2) is 4.79 Å². The number of hydrogen-bond donors (Lipinski definition) is 1. The lowest BCUT2D eigenvalue weighted by atomic mass is 10.1. The molecule has 156 valence electrons. The molecule has 7 nitrogen and oxygen atoms in total. The predicted octanol–water partition coefficient (Wildman–Crippen LogP) is 3.19. The van der Waals surface area contributed by atoms with Crippen molar-refractivity contribution in [3.05, 3.63) is 69.6 Å². The molecule has 3 rings (SSSR count). The van der Waals surface area contributed by atoms with Gasteiger partial charge in [-0.1, -0.05) is 12.1 Å². The van der Waals surface area contributed by atoms with Gasteiger partial charge in [-0.3, -0.25) is 9.59 Å². The zero-order chi connectivity index (χ0) is 21.8. The van der Waals surface area contributed by atoms with E-state index in [1.54, 1.807) is 18.2 Å². The molecule has 3 aromatic rings. The number of likely N-dealkylation sites (N-methyl/N-ethyl adjacent to an activating group) is 1. The molecule has 1 aromatic heterocycles. The monoisotopic (exact) mass is 408 g/mol. The lowest BCUT2D eigenvalue weighted by Gasteiger charge is -2.18. The molecule has 0 aliphatic carbocycles. The summed E-state index contributed by atoms with van der Waals surface area (Å²) in [5, 5.41) is 3.63. The number of carbonyl (C=O) groups is 2. The van der Waals surface area contributed by atoms with Crippen molar-refractivity contribution >= 4 is 28.5 Å². The Hall–Kier alpha value is -3.61. The van der Waals surface area contributed by atoms with E-state index in [0.29, 0.717) is 11.3 Å². The summed E-state index contributed by atoms with van der Waals surface area (Å²) in [5.41, 5.74) is 3.47. The Balaban J connectivity index is 1.58. The maximum Gasteiger partial charge on any atom is 0.336 e. The number of carbonyl (C=O) groups excluding carboxylic acids is 2. The molecular formula is C23H24N2O5. The molecule has 2 amide bonds. The highest BCUT2D eigenvalue weighted by Gasteiger charge is 2.15. The second-order valence-corrected chi connectivity index (χ2v) is 7.31. The quantitative estimate of drug-likeness (QED) is 0.633. The fourth-order valence-electron chi connectivity index (χ4n) is 3.01. The highest BCUT2D eigenvalue weighted by molar-refractivity contribution is 5.95. The van der Waals surface area contributed by atoms with Gasteiger partial charge in [0, 0.05) is 30.3 Å². The van der Waals surface area contributed by atoms with Crippen molar-refractivity contribution in [2.24, 2.45) is 0 Å². The third-order valence-corrected chi connectivity index (χ3v) is 4.76. The Morgan fingerprint density at radius 3 is 2.57 bits per heavy atom. The molecule has 0 bridgehead atoms. The first-order valence-electron chi connectivity index (χ1n) is 9.51. The fourth-order valence-corrected chi connectivity index (χ4v) is 3.01. The van der Waals surface area contributed by atoms with Crippen molar-refractivity contribution in [1.29, 1.82) is 0 Å². The molecule has 0 fully saturated rings. The molecule has 0 atom stereocenters. The summed E-state index contributed by atoms with van der Waals surface area (Å²) in [7, 11) is 1.54. The molecule has 1 heterocycles. The second kappa shape index (κ2) is 8.82. The van der Waals surface area contributed by atoms with Crippen LogP contribution in [0.15, 0.2) is 51.7 Å².